The fourth-order valence-electron chi connectivity index (χ4n) is 2.44. The minimum atomic E-state index is 0.0936. The van der Waals surface area contributed by atoms with Crippen LogP contribution in [0.5, 0.6) is 0 Å². The van der Waals surface area contributed by atoms with Crippen LogP contribution in [0.2, 0.25) is 10.0 Å². The molecule has 1 saturated heterocycles. The molecule has 0 saturated carbocycles. The second kappa shape index (κ2) is 6.60. The van der Waals surface area contributed by atoms with Gasteiger partial charge in [-0.15, -0.1) is 0 Å². The van der Waals surface area contributed by atoms with Gasteiger partial charge in [0, 0.05) is 17.5 Å². The van der Waals surface area contributed by atoms with E-state index in [1.54, 1.807) is 18.2 Å². The van der Waals surface area contributed by atoms with Crippen molar-refractivity contribution in [1.29, 1.82) is 0 Å². The van der Waals surface area contributed by atoms with Gasteiger partial charge in [0.05, 0.1) is 10.7 Å². The smallest absolute Gasteiger partial charge is 0.227 e. The van der Waals surface area contributed by atoms with E-state index in [4.69, 9.17) is 23.2 Å². The molecule has 1 amide bonds. The highest BCUT2D eigenvalue weighted by Crippen LogP contribution is 2.32. The van der Waals surface area contributed by atoms with Gasteiger partial charge in [-0.1, -0.05) is 30.1 Å². The molecule has 1 aliphatic rings. The van der Waals surface area contributed by atoms with Crippen molar-refractivity contribution < 1.29 is 4.79 Å². The van der Waals surface area contributed by atoms with Gasteiger partial charge in [-0.3, -0.25) is 4.79 Å². The number of hydrogen-bond donors (Lipinski definition) is 1. The van der Waals surface area contributed by atoms with E-state index in [9.17, 15) is 4.79 Å². The molecule has 1 heterocycles. The number of hydrogen-bond acceptors (Lipinski definition) is 2. The predicted octanol–water partition coefficient (Wildman–Crippen LogP) is 3.49. The Hall–Kier alpha value is -0.770. The zero-order valence-corrected chi connectivity index (χ0v) is 12.5. The molecule has 0 unspecified atom stereocenters. The van der Waals surface area contributed by atoms with E-state index in [-0.39, 0.29) is 11.9 Å². The maximum atomic E-state index is 12.3. The van der Waals surface area contributed by atoms with Crippen molar-refractivity contribution in [3.63, 3.8) is 0 Å². The number of nitrogens with zero attached hydrogens (tertiary/aromatic N) is 1. The predicted molar refractivity (Wildman–Crippen MR) is 80.1 cm³/mol. The largest absolute Gasteiger partial charge is 0.317 e. The van der Waals surface area contributed by atoms with Crippen LogP contribution in [-0.2, 0) is 4.79 Å². The lowest BCUT2D eigenvalue weighted by atomic mass is 10.0. The molecule has 0 bridgehead atoms. The number of anilines is 1. The third-order valence-corrected chi connectivity index (χ3v) is 3.97. The molecule has 1 aromatic carbocycles. The molecule has 0 aliphatic carbocycles. The summed E-state index contributed by atoms with van der Waals surface area (Å²) in [5.41, 5.74) is 0.730. The van der Waals surface area contributed by atoms with Crippen LogP contribution in [0.3, 0.4) is 0 Å². The summed E-state index contributed by atoms with van der Waals surface area (Å²) in [4.78, 5) is 14.1. The van der Waals surface area contributed by atoms with Gasteiger partial charge < -0.3 is 10.2 Å². The minimum Gasteiger partial charge on any atom is -0.317 e. The third kappa shape index (κ3) is 3.41. The number of piperidine rings is 1. The van der Waals surface area contributed by atoms with Gasteiger partial charge in [-0.05, 0) is 44.1 Å². The number of nitrogens with one attached hydrogen (secondary N) is 1. The van der Waals surface area contributed by atoms with E-state index in [1.807, 2.05) is 11.8 Å². The van der Waals surface area contributed by atoms with E-state index in [0.717, 1.165) is 31.6 Å². The number of rotatable bonds is 3. The molecule has 5 heteroatoms. The SMILES string of the molecule is CCC(=O)N(c1cc(Cl)ccc1Cl)C1CCNCC1. The number of carbonyl (C=O) groups excluding carboxylic acids is 1. The van der Waals surface area contributed by atoms with Crippen LogP contribution in [0, 0.1) is 0 Å². The highest BCUT2D eigenvalue weighted by Gasteiger charge is 2.27. The van der Waals surface area contributed by atoms with E-state index in [1.165, 1.54) is 0 Å². The molecule has 1 aliphatic heterocycles. The van der Waals surface area contributed by atoms with Crippen LogP contribution in [-0.4, -0.2) is 25.0 Å². The molecule has 1 fully saturated rings. The average Bonchev–Trinajstić information content (AvgIpc) is 2.44. The Bertz CT molecular complexity index is 459. The van der Waals surface area contributed by atoms with Gasteiger partial charge in [0.1, 0.15) is 0 Å². The standard InChI is InChI=1S/C14H18Cl2N2O/c1-2-14(19)18(11-5-7-17-8-6-11)13-9-10(15)3-4-12(13)16/h3-4,9,11,17H,2,5-8H2,1H3. The van der Waals surface area contributed by atoms with Crippen molar-refractivity contribution in [2.24, 2.45) is 0 Å². The average molecular weight is 301 g/mol. The fraction of sp³-hybridized carbons (Fsp3) is 0.500. The molecule has 1 aromatic rings. The van der Waals surface area contributed by atoms with Crippen LogP contribution in [0.25, 0.3) is 0 Å². The van der Waals surface area contributed by atoms with Gasteiger partial charge in [0.2, 0.25) is 5.91 Å². The maximum Gasteiger partial charge on any atom is 0.227 e. The van der Waals surface area contributed by atoms with E-state index < -0.39 is 0 Å². The fourth-order valence-corrected chi connectivity index (χ4v) is 2.82. The van der Waals surface area contributed by atoms with Gasteiger partial charge in [0.15, 0.2) is 0 Å². The summed E-state index contributed by atoms with van der Waals surface area (Å²) in [5, 5.41) is 4.48. The highest BCUT2D eigenvalue weighted by molar-refractivity contribution is 6.35. The summed E-state index contributed by atoms with van der Waals surface area (Å²) >= 11 is 12.3. The lowest BCUT2D eigenvalue weighted by Crippen LogP contribution is -2.46. The molecule has 0 spiro atoms. The van der Waals surface area contributed by atoms with Crippen molar-refractivity contribution in [1.82, 2.24) is 5.32 Å². The zero-order chi connectivity index (χ0) is 13.8. The number of amides is 1. The van der Waals surface area contributed by atoms with Crippen LogP contribution < -0.4 is 10.2 Å². The van der Waals surface area contributed by atoms with Crippen LogP contribution in [0.15, 0.2) is 18.2 Å². The lowest BCUT2D eigenvalue weighted by Gasteiger charge is -2.35. The molecule has 0 atom stereocenters. The molecule has 1 N–H and O–H groups in total. The Morgan fingerprint density at radius 2 is 2.05 bits per heavy atom. The summed E-state index contributed by atoms with van der Waals surface area (Å²) in [6.07, 6.45) is 2.34. The topological polar surface area (TPSA) is 32.3 Å². The maximum absolute atomic E-state index is 12.3. The first-order valence-electron chi connectivity index (χ1n) is 6.61. The monoisotopic (exact) mass is 300 g/mol. The molecule has 0 radical (unpaired) electrons. The lowest BCUT2D eigenvalue weighted by molar-refractivity contribution is -0.118. The second-order valence-electron chi connectivity index (χ2n) is 4.69. The minimum absolute atomic E-state index is 0.0936. The highest BCUT2D eigenvalue weighted by atomic mass is 35.5. The zero-order valence-electron chi connectivity index (χ0n) is 11.0. The normalized spacial score (nSPS) is 16.4. The summed E-state index contributed by atoms with van der Waals surface area (Å²) in [7, 11) is 0. The van der Waals surface area contributed by atoms with Crippen molar-refractivity contribution in [3.8, 4) is 0 Å². The Morgan fingerprint density at radius 3 is 2.68 bits per heavy atom. The molecule has 2 rings (SSSR count). The van der Waals surface area contributed by atoms with Crippen LogP contribution >= 0.6 is 23.2 Å². The number of carbonyl (C=O) groups is 1. The summed E-state index contributed by atoms with van der Waals surface area (Å²) in [6, 6.07) is 5.46. The van der Waals surface area contributed by atoms with Crippen molar-refractivity contribution >= 4 is 34.8 Å². The first-order valence-corrected chi connectivity index (χ1v) is 7.37. The van der Waals surface area contributed by atoms with Crippen molar-refractivity contribution in [2.45, 2.75) is 32.2 Å². The van der Waals surface area contributed by atoms with Gasteiger partial charge >= 0.3 is 0 Å². The molecule has 104 valence electrons. The van der Waals surface area contributed by atoms with E-state index in [0.29, 0.717) is 16.5 Å². The van der Waals surface area contributed by atoms with E-state index in [2.05, 4.69) is 5.32 Å². The van der Waals surface area contributed by atoms with Gasteiger partial charge in [-0.2, -0.15) is 0 Å². The molecule has 19 heavy (non-hydrogen) atoms. The van der Waals surface area contributed by atoms with Crippen molar-refractivity contribution in [3.05, 3.63) is 28.2 Å². The summed E-state index contributed by atoms with van der Waals surface area (Å²) < 4.78 is 0. The Labute approximate surface area is 123 Å². The molecular weight excluding hydrogens is 283 g/mol. The molecule has 3 nitrogen and oxygen atoms in total. The summed E-state index contributed by atoms with van der Waals surface area (Å²) in [5.74, 6) is 0.0936. The molecular formula is C14H18Cl2N2O. The Morgan fingerprint density at radius 1 is 1.37 bits per heavy atom. The van der Waals surface area contributed by atoms with Gasteiger partial charge in [-0.25, -0.2) is 0 Å². The van der Waals surface area contributed by atoms with Crippen LogP contribution in [0.1, 0.15) is 26.2 Å². The quantitative estimate of drug-likeness (QED) is 0.927. The number of benzene rings is 1. The molecule has 0 aromatic heterocycles. The van der Waals surface area contributed by atoms with Gasteiger partial charge in [0.25, 0.3) is 0 Å². The first kappa shape index (κ1) is 14.6. The number of halogens is 2. The Balaban J connectivity index is 2.36. The van der Waals surface area contributed by atoms with Crippen LogP contribution in [0.4, 0.5) is 5.69 Å². The van der Waals surface area contributed by atoms with E-state index >= 15 is 0 Å². The Kier molecular flexibility index (Phi) is 5.08. The summed E-state index contributed by atoms with van der Waals surface area (Å²) in [6.45, 7) is 3.72. The first-order chi connectivity index (χ1) is 9.13. The third-order valence-electron chi connectivity index (χ3n) is 3.41. The van der Waals surface area contributed by atoms with Crippen molar-refractivity contribution in [2.75, 3.05) is 18.0 Å². The second-order valence-corrected chi connectivity index (χ2v) is 5.54.